The summed E-state index contributed by atoms with van der Waals surface area (Å²) in [6.45, 7) is 3.66. The van der Waals surface area contributed by atoms with Crippen LogP contribution in [0.15, 0.2) is 12.5 Å². The fraction of sp³-hybridized carbons (Fsp3) is 0.550. The van der Waals surface area contributed by atoms with Gasteiger partial charge in [0.15, 0.2) is 0 Å². The number of amides is 4. The Balaban J connectivity index is 3.08. The van der Waals surface area contributed by atoms with Gasteiger partial charge in [-0.2, -0.15) is 0 Å². The number of nitrogens with two attached hydrogens (primary N) is 2. The van der Waals surface area contributed by atoms with Gasteiger partial charge in [0.2, 0.25) is 23.6 Å². The maximum atomic E-state index is 12.9. The first kappa shape index (κ1) is 29.0. The maximum absolute atomic E-state index is 12.9. The number of imidazole rings is 1. The number of nitrogens with one attached hydrogen (secondary N) is 4. The van der Waals surface area contributed by atoms with Gasteiger partial charge in [0, 0.05) is 18.3 Å². The number of H-pyrrole nitrogens is 1. The van der Waals surface area contributed by atoms with Gasteiger partial charge in [-0.1, -0.05) is 13.8 Å². The molecule has 1 rings (SSSR count). The average Bonchev–Trinajstić information content (AvgIpc) is 3.24. The molecule has 0 aliphatic carbocycles. The van der Waals surface area contributed by atoms with E-state index in [1.165, 1.54) is 12.5 Å². The zero-order valence-electron chi connectivity index (χ0n) is 19.3. The fourth-order valence-corrected chi connectivity index (χ4v) is 3.05. The van der Waals surface area contributed by atoms with Gasteiger partial charge in [-0.3, -0.25) is 24.0 Å². The van der Waals surface area contributed by atoms with Crippen molar-refractivity contribution in [2.24, 2.45) is 17.4 Å². The van der Waals surface area contributed by atoms with Crippen LogP contribution in [0.5, 0.6) is 0 Å². The lowest BCUT2D eigenvalue weighted by atomic mass is 10.0. The number of carboxylic acids is 2. The van der Waals surface area contributed by atoms with E-state index in [0.29, 0.717) is 5.69 Å². The minimum Gasteiger partial charge on any atom is -0.481 e. The van der Waals surface area contributed by atoms with Crippen LogP contribution in [0.2, 0.25) is 0 Å². The summed E-state index contributed by atoms with van der Waals surface area (Å²) in [6.07, 6.45) is 1.26. The maximum Gasteiger partial charge on any atom is 0.326 e. The van der Waals surface area contributed by atoms with Crippen molar-refractivity contribution in [3.63, 3.8) is 0 Å². The summed E-state index contributed by atoms with van der Waals surface area (Å²) < 4.78 is 0. The van der Waals surface area contributed by atoms with Crippen molar-refractivity contribution < 1.29 is 39.0 Å². The predicted octanol–water partition coefficient (Wildman–Crippen LogP) is -2.79. The highest BCUT2D eigenvalue weighted by Gasteiger charge is 2.32. The van der Waals surface area contributed by atoms with Crippen molar-refractivity contribution in [3.8, 4) is 0 Å². The molecule has 0 aliphatic rings. The minimum absolute atomic E-state index is 0.0626. The standard InChI is InChI=1S/C20H31N7O8/c1-9(2)3-11(21)17(31)25-13(6-16(29)30)19(33)26-12(4-10-7-23-8-24-10)18(32)27-14(20(34)35)5-15(22)28/h7-9,11-14H,3-6,21H2,1-2H3,(H2,22,28)(H,23,24)(H,25,31)(H,26,33)(H,27,32)(H,29,30)(H,34,35). The molecule has 0 bridgehead atoms. The van der Waals surface area contributed by atoms with Crippen molar-refractivity contribution in [1.82, 2.24) is 25.9 Å². The van der Waals surface area contributed by atoms with Gasteiger partial charge in [-0.15, -0.1) is 0 Å². The first-order chi connectivity index (χ1) is 16.3. The molecule has 0 fully saturated rings. The number of hydrogen-bond acceptors (Lipinski definition) is 8. The Morgan fingerprint density at radius 3 is 2.00 bits per heavy atom. The van der Waals surface area contributed by atoms with E-state index in [-0.39, 0.29) is 18.8 Å². The van der Waals surface area contributed by atoms with E-state index in [2.05, 4.69) is 25.9 Å². The van der Waals surface area contributed by atoms with Crippen molar-refractivity contribution in [1.29, 1.82) is 0 Å². The van der Waals surface area contributed by atoms with Crippen molar-refractivity contribution in [3.05, 3.63) is 18.2 Å². The van der Waals surface area contributed by atoms with Gasteiger partial charge >= 0.3 is 11.9 Å². The average molecular weight is 498 g/mol. The van der Waals surface area contributed by atoms with Gasteiger partial charge in [-0.05, 0) is 12.3 Å². The van der Waals surface area contributed by atoms with Crippen LogP contribution in [-0.4, -0.2) is 79.9 Å². The van der Waals surface area contributed by atoms with Crippen molar-refractivity contribution >= 4 is 35.6 Å². The lowest BCUT2D eigenvalue weighted by molar-refractivity contribution is -0.144. The van der Waals surface area contributed by atoms with E-state index in [9.17, 15) is 39.0 Å². The smallest absolute Gasteiger partial charge is 0.326 e. The van der Waals surface area contributed by atoms with Crippen LogP contribution in [0.3, 0.4) is 0 Å². The number of aromatic nitrogens is 2. The van der Waals surface area contributed by atoms with Gasteiger partial charge in [-0.25, -0.2) is 9.78 Å². The zero-order valence-corrected chi connectivity index (χ0v) is 19.3. The summed E-state index contributed by atoms with van der Waals surface area (Å²) >= 11 is 0. The Kier molecular flexibility index (Phi) is 11.3. The van der Waals surface area contributed by atoms with Crippen LogP contribution >= 0.6 is 0 Å². The van der Waals surface area contributed by atoms with Crippen LogP contribution in [-0.2, 0) is 35.2 Å². The van der Waals surface area contributed by atoms with Crippen LogP contribution in [0.25, 0.3) is 0 Å². The third-order valence-corrected chi connectivity index (χ3v) is 4.71. The Labute approximate surface area is 200 Å². The largest absolute Gasteiger partial charge is 0.481 e. The molecule has 0 aliphatic heterocycles. The highest BCUT2D eigenvalue weighted by Crippen LogP contribution is 2.06. The molecule has 10 N–H and O–H groups in total. The van der Waals surface area contributed by atoms with Gasteiger partial charge < -0.3 is 42.6 Å². The topological polar surface area (TPSA) is 260 Å². The Bertz CT molecular complexity index is 919. The third-order valence-electron chi connectivity index (χ3n) is 4.71. The predicted molar refractivity (Wildman–Crippen MR) is 119 cm³/mol. The minimum atomic E-state index is -1.66. The van der Waals surface area contributed by atoms with Crippen molar-refractivity contribution in [2.75, 3.05) is 0 Å². The van der Waals surface area contributed by atoms with Gasteiger partial charge in [0.1, 0.15) is 18.1 Å². The molecular formula is C20H31N7O8. The lowest BCUT2D eigenvalue weighted by Gasteiger charge is -2.24. The van der Waals surface area contributed by atoms with E-state index in [1.54, 1.807) is 0 Å². The van der Waals surface area contributed by atoms with Crippen LogP contribution in [0.4, 0.5) is 0 Å². The molecule has 1 aromatic heterocycles. The zero-order chi connectivity index (χ0) is 26.7. The second-order valence-corrected chi connectivity index (χ2v) is 8.31. The fourth-order valence-electron chi connectivity index (χ4n) is 3.05. The molecule has 1 aromatic rings. The molecule has 4 atom stereocenters. The quantitative estimate of drug-likeness (QED) is 0.123. The van der Waals surface area contributed by atoms with E-state index >= 15 is 0 Å². The molecule has 0 spiro atoms. The van der Waals surface area contributed by atoms with Crippen LogP contribution in [0, 0.1) is 5.92 Å². The summed E-state index contributed by atoms with van der Waals surface area (Å²) in [4.78, 5) is 78.3. The molecule has 35 heavy (non-hydrogen) atoms. The SMILES string of the molecule is CC(C)CC(N)C(=O)NC(CC(=O)O)C(=O)NC(Cc1cnc[nH]1)C(=O)NC(CC(N)=O)C(=O)O. The monoisotopic (exact) mass is 497 g/mol. The first-order valence-corrected chi connectivity index (χ1v) is 10.7. The number of carbonyl (C=O) groups excluding carboxylic acids is 4. The van der Waals surface area contributed by atoms with E-state index in [4.69, 9.17) is 11.5 Å². The number of primary amides is 1. The number of aromatic amines is 1. The molecule has 4 amide bonds. The van der Waals surface area contributed by atoms with Gasteiger partial charge in [0.05, 0.1) is 25.2 Å². The molecule has 0 radical (unpaired) electrons. The number of rotatable bonds is 15. The highest BCUT2D eigenvalue weighted by atomic mass is 16.4. The van der Waals surface area contributed by atoms with E-state index in [0.717, 1.165) is 0 Å². The number of aliphatic carboxylic acids is 2. The molecule has 1 heterocycles. The number of carboxylic acid groups (broad SMARTS) is 2. The molecule has 4 unspecified atom stereocenters. The van der Waals surface area contributed by atoms with Crippen LogP contribution < -0.4 is 27.4 Å². The lowest BCUT2D eigenvalue weighted by Crippen LogP contribution is -2.58. The normalized spacial score (nSPS) is 14.3. The van der Waals surface area contributed by atoms with Crippen LogP contribution in [0.1, 0.15) is 38.8 Å². The second-order valence-electron chi connectivity index (χ2n) is 8.31. The Morgan fingerprint density at radius 2 is 1.51 bits per heavy atom. The Morgan fingerprint density at radius 1 is 0.943 bits per heavy atom. The number of nitrogens with zero attached hydrogens (tertiary/aromatic N) is 1. The first-order valence-electron chi connectivity index (χ1n) is 10.7. The highest BCUT2D eigenvalue weighted by molar-refractivity contribution is 5.96. The Hall–Kier alpha value is -4.01. The van der Waals surface area contributed by atoms with Crippen molar-refractivity contribution in [2.45, 2.75) is 63.7 Å². The molecule has 0 aromatic carbocycles. The van der Waals surface area contributed by atoms with E-state index < -0.39 is 72.6 Å². The second kappa shape index (κ2) is 13.6. The summed E-state index contributed by atoms with van der Waals surface area (Å²) in [6, 6.07) is -5.65. The third kappa shape index (κ3) is 10.6. The summed E-state index contributed by atoms with van der Waals surface area (Å²) in [5, 5.41) is 25.1. The molecule has 0 saturated carbocycles. The number of hydrogen-bond donors (Lipinski definition) is 8. The molecule has 15 heteroatoms. The molecule has 194 valence electrons. The molecule has 15 nitrogen and oxygen atoms in total. The molecule has 0 saturated heterocycles. The van der Waals surface area contributed by atoms with E-state index in [1.807, 2.05) is 13.8 Å². The molecular weight excluding hydrogens is 466 g/mol. The summed E-state index contributed by atoms with van der Waals surface area (Å²) in [5.74, 6) is -6.59. The summed E-state index contributed by atoms with van der Waals surface area (Å²) in [5.41, 5.74) is 11.2. The van der Waals surface area contributed by atoms with Gasteiger partial charge in [0.25, 0.3) is 0 Å². The number of carbonyl (C=O) groups is 6. The summed E-state index contributed by atoms with van der Waals surface area (Å²) in [7, 11) is 0.